The van der Waals surface area contributed by atoms with Crippen LogP contribution in [0.15, 0.2) is 29.5 Å². The first-order valence-corrected chi connectivity index (χ1v) is 9.47. The van der Waals surface area contributed by atoms with Crippen LogP contribution in [0.3, 0.4) is 0 Å². The standard InChI is InChI=1S/C18H18ClN7O2/c1-18-5-2-3-7-25(18)26-13(16(27)24-18)11(19)8-12(17(26)28)23-15-10-4-6-20-14(10)21-9-22-15/h4,6,8-9H,2-3,5,7H2,1H3,(H,24,27)(H2,20,21,22,23)/t18-/m1/s1. The Morgan fingerprint density at radius 2 is 2.14 bits per heavy atom. The molecule has 2 aliphatic rings. The summed E-state index contributed by atoms with van der Waals surface area (Å²) in [5.41, 5.74) is 0.106. The topological polar surface area (TPSA) is 108 Å². The number of H-pyrrole nitrogens is 1. The third-order valence-corrected chi connectivity index (χ3v) is 5.72. The Balaban J connectivity index is 1.67. The van der Waals surface area contributed by atoms with Crippen molar-refractivity contribution in [3.8, 4) is 0 Å². The Labute approximate surface area is 164 Å². The van der Waals surface area contributed by atoms with E-state index in [0.717, 1.165) is 24.6 Å². The number of halogens is 1. The minimum atomic E-state index is -0.614. The number of rotatable bonds is 2. The van der Waals surface area contributed by atoms with Crippen LogP contribution in [-0.2, 0) is 0 Å². The summed E-state index contributed by atoms with van der Waals surface area (Å²) in [5, 5.41) is 8.93. The second-order valence-electron chi connectivity index (χ2n) is 7.27. The minimum Gasteiger partial charge on any atom is -0.346 e. The number of nitrogens with one attached hydrogen (secondary N) is 3. The number of fused-ring (bicyclic) bond motifs is 4. The van der Waals surface area contributed by atoms with Crippen molar-refractivity contribution >= 4 is 40.0 Å². The highest BCUT2D eigenvalue weighted by molar-refractivity contribution is 6.34. The lowest BCUT2D eigenvalue weighted by molar-refractivity contribution is 0.0800. The van der Waals surface area contributed by atoms with E-state index in [2.05, 4.69) is 25.6 Å². The molecule has 1 atom stereocenters. The Kier molecular flexibility index (Phi) is 3.63. The van der Waals surface area contributed by atoms with E-state index in [1.165, 1.54) is 17.1 Å². The second kappa shape index (κ2) is 5.96. The van der Waals surface area contributed by atoms with Crippen molar-refractivity contribution in [1.82, 2.24) is 24.9 Å². The number of hydrogen-bond donors (Lipinski definition) is 3. The number of carbonyl (C=O) groups is 1. The molecule has 144 valence electrons. The first kappa shape index (κ1) is 17.1. The average Bonchev–Trinajstić information content (AvgIpc) is 3.14. The predicted molar refractivity (Wildman–Crippen MR) is 106 cm³/mol. The van der Waals surface area contributed by atoms with Gasteiger partial charge in [-0.2, -0.15) is 0 Å². The first-order valence-electron chi connectivity index (χ1n) is 9.09. The van der Waals surface area contributed by atoms with Crippen molar-refractivity contribution in [3.05, 3.63) is 45.7 Å². The van der Waals surface area contributed by atoms with Gasteiger partial charge >= 0.3 is 0 Å². The maximum Gasteiger partial charge on any atom is 0.293 e. The van der Waals surface area contributed by atoms with Gasteiger partial charge in [0.1, 0.15) is 34.8 Å². The molecule has 10 heteroatoms. The summed E-state index contributed by atoms with van der Waals surface area (Å²) in [7, 11) is 0. The van der Waals surface area contributed by atoms with Crippen LogP contribution in [0, 0.1) is 0 Å². The number of anilines is 2. The number of aromatic amines is 1. The van der Waals surface area contributed by atoms with Gasteiger partial charge in [-0.05, 0) is 38.3 Å². The maximum atomic E-state index is 13.4. The monoisotopic (exact) mass is 399 g/mol. The van der Waals surface area contributed by atoms with Crippen LogP contribution >= 0.6 is 11.6 Å². The van der Waals surface area contributed by atoms with Crippen LogP contribution in [0.4, 0.5) is 11.5 Å². The Bertz CT molecular complexity index is 1170. The Morgan fingerprint density at radius 1 is 1.29 bits per heavy atom. The second-order valence-corrected chi connectivity index (χ2v) is 7.67. The van der Waals surface area contributed by atoms with Gasteiger partial charge in [-0.1, -0.05) is 11.6 Å². The van der Waals surface area contributed by atoms with E-state index in [9.17, 15) is 9.59 Å². The quantitative estimate of drug-likeness (QED) is 0.609. The largest absolute Gasteiger partial charge is 0.346 e. The summed E-state index contributed by atoms with van der Waals surface area (Å²) >= 11 is 6.43. The Morgan fingerprint density at radius 3 is 3.00 bits per heavy atom. The third kappa shape index (κ3) is 2.39. The molecular weight excluding hydrogens is 382 g/mol. The van der Waals surface area contributed by atoms with Crippen LogP contribution < -0.4 is 21.2 Å². The van der Waals surface area contributed by atoms with Gasteiger partial charge in [0.2, 0.25) is 0 Å². The highest BCUT2D eigenvalue weighted by atomic mass is 35.5. The zero-order valence-corrected chi connectivity index (χ0v) is 15.9. The zero-order valence-electron chi connectivity index (χ0n) is 15.1. The molecule has 1 fully saturated rings. The minimum absolute atomic E-state index is 0.158. The number of nitrogens with zero attached hydrogens (tertiary/aromatic N) is 4. The molecule has 3 N–H and O–H groups in total. The third-order valence-electron chi connectivity index (χ3n) is 5.43. The predicted octanol–water partition coefficient (Wildman–Crippen LogP) is 2.10. The van der Waals surface area contributed by atoms with E-state index >= 15 is 0 Å². The molecule has 9 nitrogen and oxygen atoms in total. The summed E-state index contributed by atoms with van der Waals surface area (Å²) in [4.78, 5) is 37.5. The molecule has 0 radical (unpaired) electrons. The van der Waals surface area contributed by atoms with Crippen molar-refractivity contribution in [2.75, 3.05) is 16.9 Å². The molecule has 1 amide bonds. The van der Waals surface area contributed by atoms with Crippen molar-refractivity contribution in [3.63, 3.8) is 0 Å². The van der Waals surface area contributed by atoms with Crippen LogP contribution in [0.1, 0.15) is 36.7 Å². The van der Waals surface area contributed by atoms with Crippen molar-refractivity contribution in [2.45, 2.75) is 31.8 Å². The number of aromatic nitrogens is 4. The molecule has 0 aliphatic carbocycles. The molecule has 0 spiro atoms. The molecule has 3 aromatic heterocycles. The Hall–Kier alpha value is -3.07. The lowest BCUT2D eigenvalue weighted by Gasteiger charge is -2.50. The van der Waals surface area contributed by atoms with E-state index in [1.807, 2.05) is 18.0 Å². The number of amides is 1. The van der Waals surface area contributed by atoms with Crippen molar-refractivity contribution in [2.24, 2.45) is 0 Å². The molecule has 2 aliphatic heterocycles. The number of piperidine rings is 1. The lowest BCUT2D eigenvalue weighted by atomic mass is 9.97. The molecule has 5 heterocycles. The van der Waals surface area contributed by atoms with Gasteiger partial charge in [0.25, 0.3) is 11.5 Å². The summed E-state index contributed by atoms with van der Waals surface area (Å²) in [6.45, 7) is 2.58. The molecule has 0 aromatic carbocycles. The fourth-order valence-electron chi connectivity index (χ4n) is 4.06. The van der Waals surface area contributed by atoms with Crippen LogP contribution in [0.25, 0.3) is 11.0 Å². The summed E-state index contributed by atoms with van der Waals surface area (Å²) < 4.78 is 1.41. The summed E-state index contributed by atoms with van der Waals surface area (Å²) in [6, 6.07) is 3.30. The fraction of sp³-hybridized carbons (Fsp3) is 0.333. The van der Waals surface area contributed by atoms with Crippen LogP contribution in [0.5, 0.6) is 0 Å². The molecule has 3 aromatic rings. The van der Waals surface area contributed by atoms with Gasteiger partial charge < -0.3 is 15.6 Å². The van der Waals surface area contributed by atoms with Gasteiger partial charge in [-0.15, -0.1) is 0 Å². The highest BCUT2D eigenvalue weighted by Crippen LogP contribution is 2.31. The average molecular weight is 400 g/mol. The van der Waals surface area contributed by atoms with Gasteiger partial charge in [0.15, 0.2) is 0 Å². The molecule has 5 rings (SSSR count). The number of hydrogen-bond acceptors (Lipinski definition) is 6. The zero-order chi connectivity index (χ0) is 19.5. The van der Waals surface area contributed by atoms with E-state index in [0.29, 0.717) is 18.0 Å². The van der Waals surface area contributed by atoms with Crippen molar-refractivity contribution in [1.29, 1.82) is 0 Å². The van der Waals surface area contributed by atoms with E-state index in [1.54, 1.807) is 6.20 Å². The van der Waals surface area contributed by atoms with Gasteiger partial charge in [0, 0.05) is 12.7 Å². The van der Waals surface area contributed by atoms with Gasteiger partial charge in [-0.25, -0.2) is 14.6 Å². The SMILES string of the molecule is C[C@]12CCCCN1n1c(c(Cl)cc(Nc3ncnc4[nH]ccc34)c1=O)C(=O)N2. The van der Waals surface area contributed by atoms with Gasteiger partial charge in [0.05, 0.1) is 10.4 Å². The van der Waals surface area contributed by atoms with E-state index in [4.69, 9.17) is 11.6 Å². The number of carbonyl (C=O) groups excluding carboxylic acids is 1. The summed E-state index contributed by atoms with van der Waals surface area (Å²) in [6.07, 6.45) is 5.84. The first-order chi connectivity index (χ1) is 13.5. The molecule has 0 unspecified atom stereocenters. The van der Waals surface area contributed by atoms with E-state index in [-0.39, 0.29) is 27.9 Å². The smallest absolute Gasteiger partial charge is 0.293 e. The molecular formula is C18H18ClN7O2. The lowest BCUT2D eigenvalue weighted by Crippen LogP contribution is -2.71. The van der Waals surface area contributed by atoms with E-state index < -0.39 is 5.66 Å². The van der Waals surface area contributed by atoms with Crippen LogP contribution in [0.2, 0.25) is 5.02 Å². The highest BCUT2D eigenvalue weighted by Gasteiger charge is 2.43. The number of pyridine rings is 1. The van der Waals surface area contributed by atoms with Crippen molar-refractivity contribution < 1.29 is 4.79 Å². The molecule has 28 heavy (non-hydrogen) atoms. The summed E-state index contributed by atoms with van der Waals surface area (Å²) in [5.74, 6) is 0.144. The van der Waals surface area contributed by atoms with Crippen LogP contribution in [-0.4, -0.2) is 37.7 Å². The van der Waals surface area contributed by atoms with Gasteiger partial charge in [-0.3, -0.25) is 14.6 Å². The molecule has 0 bridgehead atoms. The molecule has 0 saturated carbocycles. The molecule has 1 saturated heterocycles. The normalized spacial score (nSPS) is 21.2. The fourth-order valence-corrected chi connectivity index (χ4v) is 4.33. The maximum absolute atomic E-state index is 13.4.